The zero-order valence-corrected chi connectivity index (χ0v) is 15.4. The summed E-state index contributed by atoms with van der Waals surface area (Å²) in [7, 11) is 1.59. The summed E-state index contributed by atoms with van der Waals surface area (Å²) in [5.74, 6) is 0.862. The number of halogens is 3. The first kappa shape index (κ1) is 19.9. The number of carbonyl (C=O) groups excluding carboxylic acids is 1. The van der Waals surface area contributed by atoms with E-state index in [0.29, 0.717) is 31.9 Å². The predicted octanol–water partition coefficient (Wildman–Crippen LogP) is 3.27. The molecule has 1 N–H and O–H groups in total. The normalized spacial score (nSPS) is 13.5. The molecule has 5 nitrogen and oxygen atoms in total. The number of methoxy groups -OCH3 is 1. The molecule has 0 bridgehead atoms. The van der Waals surface area contributed by atoms with Crippen molar-refractivity contribution in [1.29, 1.82) is 0 Å². The molecular weight excluding hydrogens is 373 g/mol. The van der Waals surface area contributed by atoms with Gasteiger partial charge in [-0.05, 0) is 42.3 Å². The Morgan fingerprint density at radius 3 is 2.64 bits per heavy atom. The molecule has 8 heteroatoms. The first-order valence-electron chi connectivity index (χ1n) is 8.85. The van der Waals surface area contributed by atoms with Crippen LogP contribution in [0.25, 0.3) is 0 Å². The molecule has 1 amide bonds. The van der Waals surface area contributed by atoms with Crippen molar-refractivity contribution in [1.82, 2.24) is 5.32 Å². The van der Waals surface area contributed by atoms with Crippen LogP contribution in [0.15, 0.2) is 42.5 Å². The van der Waals surface area contributed by atoms with E-state index in [1.807, 2.05) is 24.3 Å². The molecule has 0 unspecified atom stereocenters. The van der Waals surface area contributed by atoms with Crippen LogP contribution in [0.5, 0.6) is 11.5 Å². The fourth-order valence-corrected chi connectivity index (χ4v) is 2.98. The van der Waals surface area contributed by atoms with Gasteiger partial charge in [-0.2, -0.15) is 13.2 Å². The van der Waals surface area contributed by atoms with Crippen molar-refractivity contribution >= 4 is 11.6 Å². The van der Waals surface area contributed by atoms with E-state index in [1.54, 1.807) is 12.0 Å². The van der Waals surface area contributed by atoms with Gasteiger partial charge in [-0.1, -0.05) is 12.1 Å². The van der Waals surface area contributed by atoms with Gasteiger partial charge in [0.05, 0.1) is 31.5 Å². The summed E-state index contributed by atoms with van der Waals surface area (Å²) in [6.07, 6.45) is -3.80. The van der Waals surface area contributed by atoms with Gasteiger partial charge in [-0.15, -0.1) is 0 Å². The summed E-state index contributed by atoms with van der Waals surface area (Å²) < 4.78 is 49.4. The number of ether oxygens (including phenoxy) is 2. The molecule has 1 heterocycles. The number of benzene rings is 2. The number of carbonyl (C=O) groups is 1. The predicted molar refractivity (Wildman–Crippen MR) is 98.9 cm³/mol. The van der Waals surface area contributed by atoms with Crippen molar-refractivity contribution in [3.05, 3.63) is 53.6 Å². The summed E-state index contributed by atoms with van der Waals surface area (Å²) in [5.41, 5.74) is 0.570. The average molecular weight is 394 g/mol. The Kier molecular flexibility index (Phi) is 5.96. The molecular formula is C20H21F3N2O3. The number of amides is 1. The summed E-state index contributed by atoms with van der Waals surface area (Å²) >= 11 is 0. The quantitative estimate of drug-likeness (QED) is 0.817. The average Bonchev–Trinajstić information content (AvgIpc) is 2.68. The van der Waals surface area contributed by atoms with Crippen molar-refractivity contribution in [2.75, 3.05) is 38.3 Å². The van der Waals surface area contributed by atoms with Crippen molar-refractivity contribution in [3.8, 4) is 11.5 Å². The zero-order chi connectivity index (χ0) is 20.1. The van der Waals surface area contributed by atoms with Gasteiger partial charge in [-0.25, -0.2) is 0 Å². The van der Waals surface area contributed by atoms with E-state index in [2.05, 4.69) is 5.32 Å². The first-order valence-corrected chi connectivity index (χ1v) is 8.85. The molecule has 0 aliphatic carbocycles. The topological polar surface area (TPSA) is 50.8 Å². The van der Waals surface area contributed by atoms with E-state index in [4.69, 9.17) is 9.47 Å². The number of rotatable bonds is 6. The van der Waals surface area contributed by atoms with E-state index >= 15 is 0 Å². The third-order valence-corrected chi connectivity index (χ3v) is 4.48. The van der Waals surface area contributed by atoms with Crippen molar-refractivity contribution in [2.24, 2.45) is 0 Å². The van der Waals surface area contributed by atoms with Gasteiger partial charge < -0.3 is 19.7 Å². The third-order valence-electron chi connectivity index (χ3n) is 4.48. The van der Waals surface area contributed by atoms with Crippen molar-refractivity contribution < 1.29 is 27.4 Å². The number of hydrogen-bond donors (Lipinski definition) is 1. The molecule has 0 aromatic heterocycles. The highest BCUT2D eigenvalue weighted by Gasteiger charge is 2.32. The van der Waals surface area contributed by atoms with E-state index in [0.717, 1.165) is 23.4 Å². The Hall–Kier alpha value is -2.90. The molecule has 0 atom stereocenters. The molecule has 1 aliphatic rings. The largest absolute Gasteiger partial charge is 0.497 e. The number of nitrogens with zero attached hydrogens (tertiary/aromatic N) is 1. The van der Waals surface area contributed by atoms with E-state index < -0.39 is 11.7 Å². The van der Waals surface area contributed by atoms with Crippen LogP contribution in [0, 0.1) is 0 Å². The summed E-state index contributed by atoms with van der Waals surface area (Å²) in [6, 6.07) is 10.8. The molecule has 1 aliphatic heterocycles. The monoisotopic (exact) mass is 394 g/mol. The Morgan fingerprint density at radius 2 is 1.96 bits per heavy atom. The lowest BCUT2D eigenvalue weighted by molar-refractivity contribution is -0.137. The molecule has 28 heavy (non-hydrogen) atoms. The molecule has 2 aromatic rings. The minimum Gasteiger partial charge on any atom is -0.497 e. The van der Waals surface area contributed by atoms with Gasteiger partial charge in [-0.3, -0.25) is 4.79 Å². The Balaban J connectivity index is 1.57. The third kappa shape index (κ3) is 4.88. The molecule has 0 saturated heterocycles. The maximum absolute atomic E-state index is 13.0. The SMILES string of the molecule is COc1ccc(CCNC(=O)CN2CCOc3ccc(C(F)(F)F)cc32)cc1. The Labute approximate surface area is 161 Å². The molecule has 0 spiro atoms. The van der Waals surface area contributed by atoms with Gasteiger partial charge in [0.1, 0.15) is 18.1 Å². The second-order valence-electron chi connectivity index (χ2n) is 6.40. The molecule has 0 saturated carbocycles. The summed E-state index contributed by atoms with van der Waals surface area (Å²) in [5, 5.41) is 2.81. The smallest absolute Gasteiger partial charge is 0.416 e. The fraction of sp³-hybridized carbons (Fsp3) is 0.350. The number of nitrogens with one attached hydrogen (secondary N) is 1. The van der Waals surface area contributed by atoms with Gasteiger partial charge in [0.15, 0.2) is 0 Å². The van der Waals surface area contributed by atoms with Crippen LogP contribution < -0.4 is 19.7 Å². The molecule has 2 aromatic carbocycles. The van der Waals surface area contributed by atoms with Crippen molar-refractivity contribution in [3.63, 3.8) is 0 Å². The highest BCUT2D eigenvalue weighted by Crippen LogP contribution is 2.38. The number of fused-ring (bicyclic) bond motifs is 1. The van der Waals surface area contributed by atoms with Crippen LogP contribution in [-0.4, -0.2) is 39.3 Å². The second kappa shape index (κ2) is 8.41. The molecule has 0 fully saturated rings. The van der Waals surface area contributed by atoms with Crippen LogP contribution in [0.4, 0.5) is 18.9 Å². The molecule has 150 valence electrons. The lowest BCUT2D eigenvalue weighted by atomic mass is 10.1. The number of hydrogen-bond acceptors (Lipinski definition) is 4. The lowest BCUT2D eigenvalue weighted by Gasteiger charge is -2.31. The van der Waals surface area contributed by atoms with E-state index in [1.165, 1.54) is 6.07 Å². The van der Waals surface area contributed by atoms with E-state index in [9.17, 15) is 18.0 Å². The maximum Gasteiger partial charge on any atom is 0.416 e. The van der Waals surface area contributed by atoms with Crippen LogP contribution >= 0.6 is 0 Å². The minimum atomic E-state index is -4.45. The zero-order valence-electron chi connectivity index (χ0n) is 15.4. The van der Waals surface area contributed by atoms with Gasteiger partial charge >= 0.3 is 6.18 Å². The number of alkyl halides is 3. The minimum absolute atomic E-state index is 0.0275. The van der Waals surface area contributed by atoms with Crippen LogP contribution in [0.3, 0.4) is 0 Å². The van der Waals surface area contributed by atoms with Crippen LogP contribution in [-0.2, 0) is 17.4 Å². The van der Waals surface area contributed by atoms with Gasteiger partial charge in [0.2, 0.25) is 5.91 Å². The Bertz CT molecular complexity index is 822. The molecule has 3 rings (SSSR count). The fourth-order valence-electron chi connectivity index (χ4n) is 2.98. The molecule has 0 radical (unpaired) electrons. The van der Waals surface area contributed by atoms with E-state index in [-0.39, 0.29) is 18.1 Å². The lowest BCUT2D eigenvalue weighted by Crippen LogP contribution is -2.41. The number of anilines is 1. The van der Waals surface area contributed by atoms with Crippen LogP contribution in [0.2, 0.25) is 0 Å². The van der Waals surface area contributed by atoms with Gasteiger partial charge in [0.25, 0.3) is 0 Å². The first-order chi connectivity index (χ1) is 13.4. The highest BCUT2D eigenvalue weighted by molar-refractivity contribution is 5.82. The maximum atomic E-state index is 13.0. The highest BCUT2D eigenvalue weighted by atomic mass is 19.4. The second-order valence-corrected chi connectivity index (χ2v) is 6.40. The Morgan fingerprint density at radius 1 is 1.21 bits per heavy atom. The van der Waals surface area contributed by atoms with Crippen LogP contribution in [0.1, 0.15) is 11.1 Å². The van der Waals surface area contributed by atoms with Gasteiger partial charge in [0, 0.05) is 6.54 Å². The summed E-state index contributed by atoms with van der Waals surface area (Å²) in [6.45, 7) is 1.07. The standard InChI is InChI=1S/C20H21F3N2O3/c1-27-16-5-2-14(3-6-16)8-9-24-19(26)13-25-10-11-28-18-7-4-15(12-17(18)25)20(21,22)23/h2-7,12H,8-11,13H2,1H3,(H,24,26). The summed E-state index contributed by atoms with van der Waals surface area (Å²) in [4.78, 5) is 13.9. The van der Waals surface area contributed by atoms with Crippen molar-refractivity contribution in [2.45, 2.75) is 12.6 Å².